The molecule has 1 saturated carbocycles. The van der Waals surface area contributed by atoms with Crippen molar-refractivity contribution < 1.29 is 9.53 Å². The van der Waals surface area contributed by atoms with Gasteiger partial charge in [0.2, 0.25) is 5.91 Å². The van der Waals surface area contributed by atoms with Gasteiger partial charge in [-0.05, 0) is 25.5 Å². The summed E-state index contributed by atoms with van der Waals surface area (Å²) in [5, 5.41) is 6.20. The number of carbonyl (C=O) groups excluding carboxylic acids is 1. The topological polar surface area (TPSA) is 50.4 Å². The molecule has 0 radical (unpaired) electrons. The first kappa shape index (κ1) is 15.0. The van der Waals surface area contributed by atoms with Crippen molar-refractivity contribution >= 4 is 11.6 Å². The highest BCUT2D eigenvalue weighted by molar-refractivity contribution is 5.92. The number of amides is 1. The number of benzene rings is 1. The predicted octanol–water partition coefficient (Wildman–Crippen LogP) is 2.42. The lowest BCUT2D eigenvalue weighted by molar-refractivity contribution is -0.123. The monoisotopic (exact) mass is 276 g/mol. The first-order valence-electron chi connectivity index (χ1n) is 7.24. The van der Waals surface area contributed by atoms with Crippen LogP contribution < -0.4 is 10.6 Å². The second-order valence-electron chi connectivity index (χ2n) is 5.85. The second-order valence-corrected chi connectivity index (χ2v) is 5.85. The van der Waals surface area contributed by atoms with E-state index in [0.717, 1.165) is 18.7 Å². The van der Waals surface area contributed by atoms with Crippen molar-refractivity contribution in [3.63, 3.8) is 0 Å². The molecule has 4 nitrogen and oxygen atoms in total. The van der Waals surface area contributed by atoms with Gasteiger partial charge >= 0.3 is 0 Å². The van der Waals surface area contributed by atoms with E-state index < -0.39 is 0 Å². The first-order valence-corrected chi connectivity index (χ1v) is 7.24. The largest absolute Gasteiger partial charge is 0.378 e. The molecule has 0 aliphatic heterocycles. The number of anilines is 1. The molecule has 110 valence electrons. The number of ether oxygens (including phenoxy) is 1. The van der Waals surface area contributed by atoms with Gasteiger partial charge in [0.15, 0.2) is 0 Å². The van der Waals surface area contributed by atoms with E-state index in [-0.39, 0.29) is 11.3 Å². The molecule has 4 heteroatoms. The van der Waals surface area contributed by atoms with Gasteiger partial charge in [-0.3, -0.25) is 4.79 Å². The average molecular weight is 276 g/mol. The zero-order valence-electron chi connectivity index (χ0n) is 12.5. The molecule has 0 bridgehead atoms. The Kier molecular flexibility index (Phi) is 4.78. The first-order chi connectivity index (χ1) is 9.54. The van der Waals surface area contributed by atoms with Crippen molar-refractivity contribution in [2.24, 2.45) is 5.41 Å². The van der Waals surface area contributed by atoms with Gasteiger partial charge in [-0.15, -0.1) is 0 Å². The minimum atomic E-state index is -0.00754. The molecule has 2 unspecified atom stereocenters. The van der Waals surface area contributed by atoms with Crippen LogP contribution in [0.2, 0.25) is 0 Å². The summed E-state index contributed by atoms with van der Waals surface area (Å²) >= 11 is 0. The number of rotatable bonds is 6. The summed E-state index contributed by atoms with van der Waals surface area (Å²) < 4.78 is 5.69. The Bertz CT molecular complexity index is 445. The van der Waals surface area contributed by atoms with E-state index in [1.165, 1.54) is 0 Å². The van der Waals surface area contributed by atoms with Crippen LogP contribution in [-0.2, 0) is 9.53 Å². The van der Waals surface area contributed by atoms with Gasteiger partial charge in [-0.1, -0.05) is 32.0 Å². The molecule has 0 saturated heterocycles. The lowest BCUT2D eigenvalue weighted by atomic mass is 9.64. The van der Waals surface area contributed by atoms with Crippen LogP contribution in [0.3, 0.4) is 0 Å². The van der Waals surface area contributed by atoms with Gasteiger partial charge in [0, 0.05) is 23.8 Å². The molecule has 1 fully saturated rings. The maximum absolute atomic E-state index is 11.9. The van der Waals surface area contributed by atoms with E-state index in [0.29, 0.717) is 18.7 Å². The Morgan fingerprint density at radius 1 is 1.35 bits per heavy atom. The van der Waals surface area contributed by atoms with E-state index in [2.05, 4.69) is 24.5 Å². The maximum Gasteiger partial charge on any atom is 0.238 e. The molecule has 1 aliphatic carbocycles. The van der Waals surface area contributed by atoms with Crippen LogP contribution >= 0.6 is 0 Å². The summed E-state index contributed by atoms with van der Waals surface area (Å²) in [5.74, 6) is -0.00754. The summed E-state index contributed by atoms with van der Waals surface area (Å²) in [6.07, 6.45) is 1.27. The average Bonchev–Trinajstić information content (AvgIpc) is 2.43. The van der Waals surface area contributed by atoms with E-state index in [1.807, 2.05) is 37.3 Å². The zero-order valence-corrected chi connectivity index (χ0v) is 12.5. The third-order valence-electron chi connectivity index (χ3n) is 4.11. The van der Waals surface area contributed by atoms with Crippen molar-refractivity contribution in [2.75, 3.05) is 18.5 Å². The van der Waals surface area contributed by atoms with Gasteiger partial charge in [0.05, 0.1) is 12.6 Å². The lowest BCUT2D eigenvalue weighted by Gasteiger charge is -2.51. The number of hydrogen-bond acceptors (Lipinski definition) is 3. The quantitative estimate of drug-likeness (QED) is 0.839. The Hall–Kier alpha value is -1.39. The molecular weight excluding hydrogens is 252 g/mol. The molecule has 1 aromatic rings. The zero-order chi connectivity index (χ0) is 14.6. The van der Waals surface area contributed by atoms with E-state index in [4.69, 9.17) is 4.74 Å². The smallest absolute Gasteiger partial charge is 0.238 e. The number of nitrogens with one attached hydrogen (secondary N) is 2. The Morgan fingerprint density at radius 3 is 2.65 bits per heavy atom. The Balaban J connectivity index is 1.75. The van der Waals surface area contributed by atoms with Crippen LogP contribution in [0.15, 0.2) is 30.3 Å². The van der Waals surface area contributed by atoms with E-state index in [9.17, 15) is 4.79 Å². The van der Waals surface area contributed by atoms with Crippen molar-refractivity contribution in [2.45, 2.75) is 39.3 Å². The third-order valence-corrected chi connectivity index (χ3v) is 4.11. The van der Waals surface area contributed by atoms with Crippen LogP contribution in [0.1, 0.15) is 27.2 Å². The van der Waals surface area contributed by atoms with Crippen LogP contribution in [0.25, 0.3) is 0 Å². The number of carbonyl (C=O) groups is 1. The lowest BCUT2D eigenvalue weighted by Crippen LogP contribution is -2.61. The molecule has 1 aromatic carbocycles. The highest BCUT2D eigenvalue weighted by atomic mass is 16.5. The Labute approximate surface area is 120 Å². The molecular formula is C16H24N2O2. The normalized spacial score (nSPS) is 23.9. The molecule has 2 N–H and O–H groups in total. The minimum Gasteiger partial charge on any atom is -0.378 e. The summed E-state index contributed by atoms with van der Waals surface area (Å²) in [4.78, 5) is 11.9. The predicted molar refractivity (Wildman–Crippen MR) is 80.7 cm³/mol. The molecule has 0 spiro atoms. The van der Waals surface area contributed by atoms with Crippen LogP contribution in [-0.4, -0.2) is 31.2 Å². The van der Waals surface area contributed by atoms with Crippen LogP contribution in [0, 0.1) is 5.41 Å². The highest BCUT2D eigenvalue weighted by Gasteiger charge is 2.48. The molecule has 1 amide bonds. The summed E-state index contributed by atoms with van der Waals surface area (Å²) in [6.45, 7) is 7.47. The van der Waals surface area contributed by atoms with Gasteiger partial charge in [-0.25, -0.2) is 0 Å². The molecule has 2 rings (SSSR count). The summed E-state index contributed by atoms with van der Waals surface area (Å²) in [6, 6.07) is 9.85. The molecule has 20 heavy (non-hydrogen) atoms. The minimum absolute atomic E-state index is 0.00754. The van der Waals surface area contributed by atoms with Gasteiger partial charge in [-0.2, -0.15) is 0 Å². The summed E-state index contributed by atoms with van der Waals surface area (Å²) in [7, 11) is 0. The van der Waals surface area contributed by atoms with Crippen LogP contribution in [0.4, 0.5) is 5.69 Å². The molecule has 2 atom stereocenters. The SMILES string of the molecule is CCOC1CC(NCC(=O)Nc2ccccc2)C1(C)C. The van der Waals surface area contributed by atoms with Crippen molar-refractivity contribution in [1.29, 1.82) is 0 Å². The van der Waals surface area contributed by atoms with Crippen molar-refractivity contribution in [3.05, 3.63) is 30.3 Å². The van der Waals surface area contributed by atoms with Crippen molar-refractivity contribution in [1.82, 2.24) is 5.32 Å². The standard InChI is InChI=1S/C16H24N2O2/c1-4-20-14-10-13(16(14,2)3)17-11-15(19)18-12-8-6-5-7-9-12/h5-9,13-14,17H,4,10-11H2,1-3H3,(H,18,19). The summed E-state index contributed by atoms with van der Waals surface area (Å²) in [5.41, 5.74) is 0.919. The van der Waals surface area contributed by atoms with E-state index in [1.54, 1.807) is 0 Å². The fraction of sp³-hybridized carbons (Fsp3) is 0.562. The van der Waals surface area contributed by atoms with Gasteiger partial charge in [0.1, 0.15) is 0 Å². The van der Waals surface area contributed by atoms with Gasteiger partial charge < -0.3 is 15.4 Å². The molecule has 0 aromatic heterocycles. The highest BCUT2D eigenvalue weighted by Crippen LogP contribution is 2.42. The fourth-order valence-corrected chi connectivity index (χ4v) is 2.66. The number of para-hydroxylation sites is 1. The van der Waals surface area contributed by atoms with E-state index >= 15 is 0 Å². The van der Waals surface area contributed by atoms with Crippen molar-refractivity contribution in [3.8, 4) is 0 Å². The van der Waals surface area contributed by atoms with Gasteiger partial charge in [0.25, 0.3) is 0 Å². The fourth-order valence-electron chi connectivity index (χ4n) is 2.66. The molecule has 1 aliphatic rings. The second kappa shape index (κ2) is 6.37. The number of hydrogen-bond donors (Lipinski definition) is 2. The third kappa shape index (κ3) is 3.38. The molecule has 0 heterocycles. The Morgan fingerprint density at radius 2 is 2.05 bits per heavy atom. The van der Waals surface area contributed by atoms with Crippen LogP contribution in [0.5, 0.6) is 0 Å². The maximum atomic E-state index is 11.9.